The Morgan fingerprint density at radius 2 is 2.17 bits per heavy atom. The summed E-state index contributed by atoms with van der Waals surface area (Å²) in [4.78, 5) is 11.8. The standard InChI is InChI=1S/C12H10BrClN2O2/c1-7-9(4-5-18-7)12(17)16-15-11-3-2-8(13)6-10(11)14/h2-6,15H,1H3,(H,16,17). The average molecular weight is 330 g/mol. The van der Waals surface area contributed by atoms with Crippen LogP contribution in [0.1, 0.15) is 16.1 Å². The quantitative estimate of drug-likeness (QED) is 0.843. The van der Waals surface area contributed by atoms with Crippen molar-refractivity contribution < 1.29 is 9.21 Å². The van der Waals surface area contributed by atoms with E-state index in [9.17, 15) is 4.79 Å². The van der Waals surface area contributed by atoms with E-state index in [-0.39, 0.29) is 5.91 Å². The number of furan rings is 1. The van der Waals surface area contributed by atoms with Crippen LogP contribution in [0.5, 0.6) is 0 Å². The molecule has 18 heavy (non-hydrogen) atoms. The molecule has 0 bridgehead atoms. The first-order valence-corrected chi connectivity index (χ1v) is 6.30. The second-order valence-electron chi connectivity index (χ2n) is 3.59. The molecule has 0 aliphatic rings. The molecule has 1 amide bonds. The normalized spacial score (nSPS) is 10.2. The van der Waals surface area contributed by atoms with E-state index in [4.69, 9.17) is 16.0 Å². The van der Waals surface area contributed by atoms with Crippen LogP contribution in [0, 0.1) is 6.92 Å². The van der Waals surface area contributed by atoms with Gasteiger partial charge >= 0.3 is 0 Å². The minimum absolute atomic E-state index is 0.278. The fourth-order valence-electron chi connectivity index (χ4n) is 1.40. The lowest BCUT2D eigenvalue weighted by Gasteiger charge is -2.09. The summed E-state index contributed by atoms with van der Waals surface area (Å²) in [7, 11) is 0. The number of hydrazine groups is 1. The monoisotopic (exact) mass is 328 g/mol. The third kappa shape index (κ3) is 2.86. The number of hydrogen-bond acceptors (Lipinski definition) is 3. The molecule has 1 heterocycles. The Kier molecular flexibility index (Phi) is 3.93. The first-order chi connectivity index (χ1) is 8.58. The van der Waals surface area contributed by atoms with Crippen LogP contribution >= 0.6 is 27.5 Å². The maximum Gasteiger partial charge on any atom is 0.273 e. The maximum atomic E-state index is 11.8. The van der Waals surface area contributed by atoms with E-state index in [1.54, 1.807) is 25.1 Å². The average Bonchev–Trinajstić information content (AvgIpc) is 2.74. The summed E-state index contributed by atoms with van der Waals surface area (Å²) in [6.07, 6.45) is 1.47. The van der Waals surface area contributed by atoms with Crippen LogP contribution in [0.15, 0.2) is 39.4 Å². The topological polar surface area (TPSA) is 54.3 Å². The maximum absolute atomic E-state index is 11.8. The van der Waals surface area contributed by atoms with Crippen LogP contribution < -0.4 is 10.9 Å². The Morgan fingerprint density at radius 3 is 2.78 bits per heavy atom. The molecule has 2 aromatic rings. The van der Waals surface area contributed by atoms with Gasteiger partial charge in [0.1, 0.15) is 5.76 Å². The molecule has 0 unspecified atom stereocenters. The zero-order valence-electron chi connectivity index (χ0n) is 9.46. The third-order valence-electron chi connectivity index (χ3n) is 2.35. The molecular weight excluding hydrogens is 320 g/mol. The Balaban J connectivity index is 2.04. The van der Waals surface area contributed by atoms with Crippen molar-refractivity contribution >= 4 is 39.1 Å². The number of halogens is 2. The molecule has 6 heteroatoms. The Hall–Kier alpha value is -1.46. The Bertz CT molecular complexity index is 583. The Labute approximate surface area is 117 Å². The molecule has 0 atom stereocenters. The molecule has 0 spiro atoms. The predicted molar refractivity (Wildman–Crippen MR) is 73.7 cm³/mol. The zero-order valence-corrected chi connectivity index (χ0v) is 11.8. The van der Waals surface area contributed by atoms with Gasteiger partial charge in [-0.15, -0.1) is 0 Å². The minimum Gasteiger partial charge on any atom is -0.469 e. The van der Waals surface area contributed by atoms with E-state index in [0.717, 1.165) is 4.47 Å². The summed E-state index contributed by atoms with van der Waals surface area (Å²) < 4.78 is 5.93. The number of carbonyl (C=O) groups is 1. The van der Waals surface area contributed by atoms with Crippen molar-refractivity contribution in [3.63, 3.8) is 0 Å². The number of anilines is 1. The molecular formula is C12H10BrClN2O2. The van der Waals surface area contributed by atoms with E-state index in [2.05, 4.69) is 26.8 Å². The van der Waals surface area contributed by atoms with Gasteiger partial charge in [-0.05, 0) is 31.2 Å². The molecule has 2 N–H and O–H groups in total. The number of aryl methyl sites for hydroxylation is 1. The van der Waals surface area contributed by atoms with Crippen LogP contribution in [-0.2, 0) is 0 Å². The van der Waals surface area contributed by atoms with Crippen molar-refractivity contribution in [2.24, 2.45) is 0 Å². The van der Waals surface area contributed by atoms with Gasteiger partial charge in [0.2, 0.25) is 0 Å². The fourth-order valence-corrected chi connectivity index (χ4v) is 2.12. The lowest BCUT2D eigenvalue weighted by atomic mass is 10.2. The van der Waals surface area contributed by atoms with Gasteiger partial charge in [0.05, 0.1) is 22.5 Å². The zero-order chi connectivity index (χ0) is 13.1. The van der Waals surface area contributed by atoms with Gasteiger partial charge in [-0.3, -0.25) is 15.6 Å². The number of amides is 1. The van der Waals surface area contributed by atoms with Crippen molar-refractivity contribution in [3.05, 3.63) is 51.3 Å². The molecule has 1 aromatic carbocycles. The molecule has 0 fully saturated rings. The molecule has 2 rings (SSSR count). The Morgan fingerprint density at radius 1 is 1.39 bits per heavy atom. The molecule has 94 valence electrons. The SMILES string of the molecule is Cc1occc1C(=O)NNc1ccc(Br)cc1Cl. The molecule has 0 aliphatic heterocycles. The summed E-state index contributed by atoms with van der Waals surface area (Å²) in [5.41, 5.74) is 6.42. The molecule has 0 saturated heterocycles. The molecule has 0 aliphatic carbocycles. The van der Waals surface area contributed by atoms with E-state index in [1.807, 2.05) is 6.07 Å². The van der Waals surface area contributed by atoms with E-state index < -0.39 is 0 Å². The number of nitrogens with one attached hydrogen (secondary N) is 2. The fraction of sp³-hybridized carbons (Fsp3) is 0.0833. The van der Waals surface area contributed by atoms with Crippen LogP contribution in [0.3, 0.4) is 0 Å². The van der Waals surface area contributed by atoms with Crippen molar-refractivity contribution in [1.82, 2.24) is 5.43 Å². The highest BCUT2D eigenvalue weighted by molar-refractivity contribution is 9.10. The number of rotatable bonds is 3. The van der Waals surface area contributed by atoms with Gasteiger partial charge < -0.3 is 4.42 Å². The first kappa shape index (κ1) is 13.0. The summed E-state index contributed by atoms with van der Waals surface area (Å²) >= 11 is 9.31. The van der Waals surface area contributed by atoms with Crippen LogP contribution in [0.25, 0.3) is 0 Å². The van der Waals surface area contributed by atoms with Gasteiger partial charge in [0.25, 0.3) is 5.91 Å². The molecule has 0 radical (unpaired) electrons. The summed E-state index contributed by atoms with van der Waals surface area (Å²) in [6.45, 7) is 1.72. The predicted octanol–water partition coefficient (Wildman–Crippen LogP) is 3.76. The minimum atomic E-state index is -0.278. The first-order valence-electron chi connectivity index (χ1n) is 5.13. The lowest BCUT2D eigenvalue weighted by molar-refractivity contribution is 0.0961. The number of carbonyl (C=O) groups excluding carboxylic acids is 1. The van der Waals surface area contributed by atoms with Crippen molar-refractivity contribution in [3.8, 4) is 0 Å². The molecule has 1 aromatic heterocycles. The van der Waals surface area contributed by atoms with E-state index in [1.165, 1.54) is 6.26 Å². The molecule has 0 saturated carbocycles. The van der Waals surface area contributed by atoms with Crippen LogP contribution in [0.4, 0.5) is 5.69 Å². The summed E-state index contributed by atoms with van der Waals surface area (Å²) in [6, 6.07) is 6.92. The van der Waals surface area contributed by atoms with Crippen molar-refractivity contribution in [1.29, 1.82) is 0 Å². The van der Waals surface area contributed by atoms with Crippen LogP contribution in [0.2, 0.25) is 5.02 Å². The van der Waals surface area contributed by atoms with Crippen molar-refractivity contribution in [2.75, 3.05) is 5.43 Å². The number of hydrogen-bond donors (Lipinski definition) is 2. The van der Waals surface area contributed by atoms with Gasteiger partial charge in [0.15, 0.2) is 0 Å². The van der Waals surface area contributed by atoms with Gasteiger partial charge in [-0.25, -0.2) is 0 Å². The second kappa shape index (κ2) is 5.46. The van der Waals surface area contributed by atoms with Crippen LogP contribution in [-0.4, -0.2) is 5.91 Å². The highest BCUT2D eigenvalue weighted by Gasteiger charge is 2.11. The second-order valence-corrected chi connectivity index (χ2v) is 4.92. The smallest absolute Gasteiger partial charge is 0.273 e. The van der Waals surface area contributed by atoms with E-state index in [0.29, 0.717) is 22.0 Å². The third-order valence-corrected chi connectivity index (χ3v) is 3.15. The lowest BCUT2D eigenvalue weighted by Crippen LogP contribution is -2.29. The number of benzene rings is 1. The van der Waals surface area contributed by atoms with Gasteiger partial charge in [-0.2, -0.15) is 0 Å². The van der Waals surface area contributed by atoms with E-state index >= 15 is 0 Å². The highest BCUT2D eigenvalue weighted by Crippen LogP contribution is 2.25. The largest absolute Gasteiger partial charge is 0.469 e. The van der Waals surface area contributed by atoms with Crippen molar-refractivity contribution in [2.45, 2.75) is 6.92 Å². The summed E-state index contributed by atoms with van der Waals surface area (Å²) in [5, 5.41) is 0.508. The molecule has 4 nitrogen and oxygen atoms in total. The van der Waals surface area contributed by atoms with Gasteiger partial charge in [-0.1, -0.05) is 27.5 Å². The van der Waals surface area contributed by atoms with Gasteiger partial charge in [0, 0.05) is 4.47 Å². The summed E-state index contributed by atoms with van der Waals surface area (Å²) in [5.74, 6) is 0.288. The highest BCUT2D eigenvalue weighted by atomic mass is 79.9.